The van der Waals surface area contributed by atoms with Crippen LogP contribution in [0.15, 0.2) is 52.5 Å². The van der Waals surface area contributed by atoms with E-state index in [2.05, 4.69) is 4.98 Å². The average Bonchev–Trinajstić information content (AvgIpc) is 2.40. The Morgan fingerprint density at radius 3 is 2.61 bits per heavy atom. The number of carbonyl (C=O) groups is 1. The Morgan fingerprint density at radius 1 is 1.22 bits per heavy atom. The van der Waals surface area contributed by atoms with Crippen molar-refractivity contribution < 1.29 is 9.72 Å². The lowest BCUT2D eigenvalue weighted by molar-refractivity contribution is -0.387. The number of benzene rings is 1. The number of carbonyl (C=O) groups excluding carboxylic acids is 1. The van der Waals surface area contributed by atoms with E-state index in [1.54, 1.807) is 30.3 Å². The van der Waals surface area contributed by atoms with Crippen molar-refractivity contribution in [2.75, 3.05) is 0 Å². The van der Waals surface area contributed by atoms with E-state index in [9.17, 15) is 14.9 Å². The van der Waals surface area contributed by atoms with Gasteiger partial charge in [-0.2, -0.15) is 0 Å². The molecule has 0 aliphatic rings. The number of hydrogen-bond acceptors (Lipinski definition) is 5. The van der Waals surface area contributed by atoms with Crippen molar-refractivity contribution in [1.82, 2.24) is 4.98 Å². The highest BCUT2D eigenvalue weighted by Gasteiger charge is 2.13. The largest absolute Gasteiger partial charge is 0.298 e. The lowest BCUT2D eigenvalue weighted by atomic mass is 10.3. The molecule has 90 valence electrons. The van der Waals surface area contributed by atoms with Gasteiger partial charge in [-0.15, -0.1) is 0 Å². The first-order valence-electron chi connectivity index (χ1n) is 5.03. The van der Waals surface area contributed by atoms with Gasteiger partial charge >= 0.3 is 0 Å². The van der Waals surface area contributed by atoms with Crippen LogP contribution in [0.5, 0.6) is 0 Å². The number of aldehydes is 1. The van der Waals surface area contributed by atoms with Crippen LogP contribution in [0, 0.1) is 10.1 Å². The number of nitro benzene ring substituents is 1. The molecule has 18 heavy (non-hydrogen) atoms. The molecule has 1 aromatic carbocycles. The Hall–Kier alpha value is -2.21. The lowest BCUT2D eigenvalue weighted by Gasteiger charge is -2.01. The second-order valence-corrected chi connectivity index (χ2v) is 4.44. The van der Waals surface area contributed by atoms with E-state index < -0.39 is 4.92 Å². The molecule has 2 rings (SSSR count). The molecule has 0 N–H and O–H groups in total. The van der Waals surface area contributed by atoms with Crippen molar-refractivity contribution in [2.45, 2.75) is 9.92 Å². The number of nitro groups is 1. The van der Waals surface area contributed by atoms with Gasteiger partial charge < -0.3 is 0 Å². The van der Waals surface area contributed by atoms with Gasteiger partial charge in [-0.25, -0.2) is 4.98 Å². The molecule has 0 radical (unpaired) electrons. The zero-order valence-electron chi connectivity index (χ0n) is 9.15. The maximum atomic E-state index is 10.8. The van der Waals surface area contributed by atoms with Crippen molar-refractivity contribution in [3.8, 4) is 0 Å². The summed E-state index contributed by atoms with van der Waals surface area (Å²) in [7, 11) is 0. The summed E-state index contributed by atoms with van der Waals surface area (Å²) in [5.41, 5.74) is 0.519. The molecule has 1 heterocycles. The van der Waals surface area contributed by atoms with E-state index in [4.69, 9.17) is 0 Å². The van der Waals surface area contributed by atoms with Crippen LogP contribution in [0.2, 0.25) is 0 Å². The fourth-order valence-electron chi connectivity index (χ4n) is 1.33. The molecule has 1 aromatic heterocycles. The molecule has 0 aliphatic heterocycles. The second kappa shape index (κ2) is 5.42. The number of hydrogen-bond donors (Lipinski definition) is 0. The first kappa shape index (κ1) is 12.3. The number of rotatable bonds is 4. The standard InChI is InChI=1S/C12H8N2O3S/c15-8-9-5-6-12(13-7-9)18-11-4-2-1-3-10(11)14(16)17/h1-8H. The maximum absolute atomic E-state index is 10.8. The van der Waals surface area contributed by atoms with Crippen molar-refractivity contribution >= 4 is 23.7 Å². The summed E-state index contributed by atoms with van der Waals surface area (Å²) in [6, 6.07) is 9.74. The first-order chi connectivity index (χ1) is 8.70. The smallest absolute Gasteiger partial charge is 0.283 e. The summed E-state index contributed by atoms with van der Waals surface area (Å²) in [6.07, 6.45) is 2.14. The molecule has 0 saturated heterocycles. The van der Waals surface area contributed by atoms with Crippen LogP contribution in [-0.2, 0) is 0 Å². The maximum Gasteiger partial charge on any atom is 0.283 e. The van der Waals surface area contributed by atoms with Crippen LogP contribution in [0.1, 0.15) is 10.4 Å². The fraction of sp³-hybridized carbons (Fsp3) is 0. The van der Waals surface area contributed by atoms with Gasteiger partial charge in [-0.05, 0) is 18.2 Å². The van der Waals surface area contributed by atoms with Gasteiger partial charge in [0.05, 0.1) is 9.82 Å². The molecule has 0 spiro atoms. The molecular weight excluding hydrogens is 252 g/mol. The van der Waals surface area contributed by atoms with Crippen molar-refractivity contribution in [3.05, 3.63) is 58.3 Å². The Morgan fingerprint density at radius 2 is 2.00 bits per heavy atom. The molecular formula is C12H8N2O3S. The van der Waals surface area contributed by atoms with Crippen molar-refractivity contribution in [2.24, 2.45) is 0 Å². The molecule has 0 saturated carbocycles. The third-order valence-electron chi connectivity index (χ3n) is 2.17. The van der Waals surface area contributed by atoms with Gasteiger partial charge in [0.2, 0.25) is 0 Å². The zero-order chi connectivity index (χ0) is 13.0. The molecule has 0 atom stereocenters. The average molecular weight is 260 g/mol. The van der Waals surface area contributed by atoms with E-state index in [-0.39, 0.29) is 5.69 Å². The van der Waals surface area contributed by atoms with Gasteiger partial charge in [0.25, 0.3) is 5.69 Å². The molecule has 2 aromatic rings. The monoisotopic (exact) mass is 260 g/mol. The minimum atomic E-state index is -0.428. The summed E-state index contributed by atoms with van der Waals surface area (Å²) < 4.78 is 0. The minimum absolute atomic E-state index is 0.0452. The summed E-state index contributed by atoms with van der Waals surface area (Å²) >= 11 is 1.19. The molecule has 0 amide bonds. The van der Waals surface area contributed by atoms with Crippen LogP contribution < -0.4 is 0 Å². The highest BCUT2D eigenvalue weighted by Crippen LogP contribution is 2.33. The van der Waals surface area contributed by atoms with Gasteiger partial charge in [-0.3, -0.25) is 14.9 Å². The molecule has 5 nitrogen and oxygen atoms in total. The fourth-order valence-corrected chi connectivity index (χ4v) is 2.19. The lowest BCUT2D eigenvalue weighted by Crippen LogP contribution is -1.91. The van der Waals surface area contributed by atoms with Gasteiger partial charge in [0, 0.05) is 17.8 Å². The highest BCUT2D eigenvalue weighted by molar-refractivity contribution is 7.99. The van der Waals surface area contributed by atoms with E-state index in [1.165, 1.54) is 24.0 Å². The molecule has 6 heteroatoms. The van der Waals surface area contributed by atoms with Crippen LogP contribution >= 0.6 is 11.8 Å². The second-order valence-electron chi connectivity index (χ2n) is 3.37. The first-order valence-corrected chi connectivity index (χ1v) is 5.85. The van der Waals surface area contributed by atoms with E-state index >= 15 is 0 Å². The Balaban J connectivity index is 2.28. The summed E-state index contributed by atoms with van der Waals surface area (Å²) in [5.74, 6) is 0. The zero-order valence-corrected chi connectivity index (χ0v) is 9.96. The third-order valence-corrected chi connectivity index (χ3v) is 3.19. The predicted molar refractivity (Wildman–Crippen MR) is 66.8 cm³/mol. The van der Waals surface area contributed by atoms with Crippen molar-refractivity contribution in [3.63, 3.8) is 0 Å². The normalized spacial score (nSPS) is 10.0. The van der Waals surface area contributed by atoms with Crippen LogP contribution in [0.25, 0.3) is 0 Å². The molecule has 0 bridgehead atoms. The van der Waals surface area contributed by atoms with Gasteiger partial charge in [-0.1, -0.05) is 23.9 Å². The number of nitrogens with zero attached hydrogens (tertiary/aromatic N) is 2. The Kier molecular flexibility index (Phi) is 3.69. The van der Waals surface area contributed by atoms with E-state index in [0.717, 1.165) is 0 Å². The van der Waals surface area contributed by atoms with Gasteiger partial charge in [0.15, 0.2) is 6.29 Å². The van der Waals surface area contributed by atoms with Crippen LogP contribution in [0.4, 0.5) is 5.69 Å². The van der Waals surface area contributed by atoms with Crippen LogP contribution in [0.3, 0.4) is 0 Å². The van der Waals surface area contributed by atoms with Crippen LogP contribution in [-0.4, -0.2) is 16.2 Å². The number of aromatic nitrogens is 1. The van der Waals surface area contributed by atoms with Gasteiger partial charge in [0.1, 0.15) is 5.03 Å². The minimum Gasteiger partial charge on any atom is -0.298 e. The predicted octanol–water partition coefficient (Wildman–Crippen LogP) is 2.95. The molecule has 0 unspecified atom stereocenters. The Labute approximate surface area is 107 Å². The highest BCUT2D eigenvalue weighted by atomic mass is 32.2. The SMILES string of the molecule is O=Cc1ccc(Sc2ccccc2[N+](=O)[O-])nc1. The molecule has 0 fully saturated rings. The van der Waals surface area contributed by atoms with Crippen molar-refractivity contribution in [1.29, 1.82) is 0 Å². The number of pyridine rings is 1. The summed E-state index contributed by atoms with van der Waals surface area (Å²) in [6.45, 7) is 0. The van der Waals surface area contributed by atoms with E-state index in [0.29, 0.717) is 21.8 Å². The summed E-state index contributed by atoms with van der Waals surface area (Å²) in [4.78, 5) is 25.5. The van der Waals surface area contributed by atoms with E-state index in [1.807, 2.05) is 0 Å². The quantitative estimate of drug-likeness (QED) is 0.480. The third kappa shape index (κ3) is 2.72. The summed E-state index contributed by atoms with van der Waals surface area (Å²) in [5, 5.41) is 11.4. The molecule has 0 aliphatic carbocycles. The Bertz CT molecular complexity index is 584. The topological polar surface area (TPSA) is 73.1 Å². The number of para-hydroxylation sites is 1.